The lowest BCUT2D eigenvalue weighted by atomic mass is 10.1. The molecular weight excluding hydrogens is 644 g/mol. The summed E-state index contributed by atoms with van der Waals surface area (Å²) in [6.07, 6.45) is 0. The monoisotopic (exact) mass is 684 g/mol. The summed E-state index contributed by atoms with van der Waals surface area (Å²) in [4.78, 5) is 31.1. The molecule has 0 radical (unpaired) electrons. The van der Waals surface area contributed by atoms with E-state index in [1.807, 2.05) is 38.1 Å². The number of ether oxygens (including phenoxy) is 2. The van der Waals surface area contributed by atoms with E-state index in [2.05, 4.69) is 20.3 Å². The van der Waals surface area contributed by atoms with Crippen molar-refractivity contribution in [1.29, 1.82) is 0 Å². The van der Waals surface area contributed by atoms with Gasteiger partial charge in [0.15, 0.2) is 16.9 Å². The highest BCUT2D eigenvalue weighted by Gasteiger charge is 2.32. The number of aliphatic hydroxyl groups is 2. The van der Waals surface area contributed by atoms with Crippen LogP contribution in [-0.2, 0) is 9.59 Å². The van der Waals surface area contributed by atoms with Crippen molar-refractivity contribution in [2.24, 2.45) is 0 Å². The molecule has 10 nitrogen and oxygen atoms in total. The molecule has 4 aromatic carbocycles. The van der Waals surface area contributed by atoms with Crippen molar-refractivity contribution in [2.45, 2.75) is 53.2 Å². The fourth-order valence-electron chi connectivity index (χ4n) is 3.91. The zero-order valence-corrected chi connectivity index (χ0v) is 28.1. The first-order valence-electron chi connectivity index (χ1n) is 14.8. The molecule has 11 heteroatoms. The van der Waals surface area contributed by atoms with E-state index >= 15 is 0 Å². The summed E-state index contributed by atoms with van der Waals surface area (Å²) in [7, 11) is 0. The molecule has 0 aromatic heterocycles. The smallest absolute Gasteiger partial charge is 0.259 e. The number of halogens is 1. The lowest BCUT2D eigenvalue weighted by Crippen LogP contribution is -2.45. The molecule has 0 saturated carbocycles. The highest BCUT2D eigenvalue weighted by atomic mass is 35.5. The van der Waals surface area contributed by atoms with Crippen molar-refractivity contribution in [2.75, 3.05) is 23.8 Å². The number of rotatable bonds is 10. The number of carbonyl (C=O) groups is 2. The van der Waals surface area contributed by atoms with Crippen molar-refractivity contribution < 1.29 is 29.3 Å². The number of nitrogens with one attached hydrogen (secondary N) is 2. The number of nitrogens with zero attached hydrogens (tertiary/aromatic N) is 2. The summed E-state index contributed by atoms with van der Waals surface area (Å²) in [6.45, 7) is 22.1. The number of amides is 2. The lowest BCUT2D eigenvalue weighted by molar-refractivity contribution is -0.135. The van der Waals surface area contributed by atoms with E-state index in [0.717, 1.165) is 16.7 Å². The highest BCUT2D eigenvalue weighted by molar-refractivity contribution is 6.33. The number of anilines is 2. The molecule has 0 bridgehead atoms. The quantitative estimate of drug-likeness (QED) is 0.125. The van der Waals surface area contributed by atoms with Crippen LogP contribution in [0, 0.1) is 33.9 Å². The predicted molar refractivity (Wildman–Crippen MR) is 194 cm³/mol. The minimum absolute atomic E-state index is 0. The second-order valence-electron chi connectivity index (χ2n) is 11.6. The summed E-state index contributed by atoms with van der Waals surface area (Å²) in [6, 6.07) is 24.1. The van der Waals surface area contributed by atoms with Gasteiger partial charge in [0.25, 0.3) is 11.8 Å². The van der Waals surface area contributed by atoms with Crippen molar-refractivity contribution in [3.63, 3.8) is 0 Å². The Kier molecular flexibility index (Phi) is 14.4. The van der Waals surface area contributed by atoms with Gasteiger partial charge in [-0.05, 0) is 88.7 Å². The Balaban J connectivity index is 0.000000333. The van der Waals surface area contributed by atoms with E-state index in [1.165, 1.54) is 26.0 Å². The van der Waals surface area contributed by atoms with Gasteiger partial charge in [0.1, 0.15) is 24.7 Å². The average Bonchev–Trinajstić information content (AvgIpc) is 3.05. The second kappa shape index (κ2) is 17.7. The molecule has 256 valence electrons. The maximum atomic E-state index is 12.3. The number of carbonyl (C=O) groups excluding carboxylic acids is 2. The summed E-state index contributed by atoms with van der Waals surface area (Å²) in [5, 5.41) is 26.1. The average molecular weight is 685 g/mol. The van der Waals surface area contributed by atoms with E-state index in [0.29, 0.717) is 34.2 Å². The number of benzene rings is 4. The van der Waals surface area contributed by atoms with E-state index in [9.17, 15) is 19.8 Å². The summed E-state index contributed by atoms with van der Waals surface area (Å²) >= 11 is 5.93. The second-order valence-corrected chi connectivity index (χ2v) is 12.0. The molecule has 0 unspecified atom stereocenters. The molecular formula is C38H41ClN4O6. The van der Waals surface area contributed by atoms with E-state index in [4.69, 9.17) is 34.2 Å². The Hall–Kier alpha value is -5.39. The Morgan fingerprint density at radius 3 is 1.45 bits per heavy atom. The Labute approximate surface area is 292 Å². The molecule has 4 N–H and O–H groups in total. The zero-order valence-electron chi connectivity index (χ0n) is 27.3. The minimum Gasteiger partial charge on any atom is -0.490 e. The molecule has 0 aliphatic rings. The number of aryl methyl sites for hydroxylation is 3. The van der Waals surface area contributed by atoms with Crippen LogP contribution in [-0.4, -0.2) is 46.4 Å². The van der Waals surface area contributed by atoms with Crippen LogP contribution in [0.25, 0.3) is 9.69 Å². The van der Waals surface area contributed by atoms with Crippen molar-refractivity contribution >= 4 is 46.2 Å². The third-order valence-corrected chi connectivity index (χ3v) is 7.26. The van der Waals surface area contributed by atoms with E-state index < -0.39 is 23.0 Å². The van der Waals surface area contributed by atoms with Crippen LogP contribution < -0.4 is 20.1 Å². The predicted octanol–water partition coefficient (Wildman–Crippen LogP) is 8.23. The molecule has 0 spiro atoms. The fourth-order valence-corrected chi connectivity index (χ4v) is 4.14. The van der Waals surface area contributed by atoms with Gasteiger partial charge in [-0.1, -0.05) is 66.6 Å². The zero-order chi connectivity index (χ0) is 35.5. The highest BCUT2D eigenvalue weighted by Crippen LogP contribution is 2.28. The molecule has 4 aromatic rings. The van der Waals surface area contributed by atoms with Gasteiger partial charge in [-0.25, -0.2) is 9.69 Å². The standard InChI is InChI=1S/C19H20N2O3.C18H17ClN2O3.CH4/c1-13-5-8-16(9-6-13)24-12-19(3,23)18(22)21-15-7-10-17(20-4)14(2)11-15;1-12-4-7-14(8-5-12)24-11-18(2,23)17(22)21-13-6-9-16(20-3)15(19)10-13;/h5-11,23H,12H2,1-3H3,(H,21,22);4-10,23H,11H2,1-2H3,(H,21,22);1H4/t19-;18-;/m00./s1. The number of hydrogen-bond donors (Lipinski definition) is 4. The topological polar surface area (TPSA) is 126 Å². The largest absolute Gasteiger partial charge is 0.490 e. The fraction of sp³-hybridized carbons (Fsp3) is 0.263. The van der Waals surface area contributed by atoms with Crippen molar-refractivity contribution in [3.05, 3.63) is 129 Å². The van der Waals surface area contributed by atoms with Crippen LogP contribution in [0.1, 0.15) is 38.0 Å². The van der Waals surface area contributed by atoms with Crippen LogP contribution >= 0.6 is 11.6 Å². The molecule has 0 aliphatic heterocycles. The van der Waals surface area contributed by atoms with Crippen LogP contribution in [0.3, 0.4) is 0 Å². The lowest BCUT2D eigenvalue weighted by Gasteiger charge is -2.22. The minimum atomic E-state index is -1.73. The maximum absolute atomic E-state index is 12.3. The van der Waals surface area contributed by atoms with Gasteiger partial charge < -0.3 is 30.3 Å². The summed E-state index contributed by atoms with van der Waals surface area (Å²) in [5.41, 5.74) is 1.29. The van der Waals surface area contributed by atoms with Crippen LogP contribution in [0.2, 0.25) is 5.02 Å². The van der Waals surface area contributed by atoms with Crippen LogP contribution in [0.4, 0.5) is 22.7 Å². The third kappa shape index (κ3) is 12.0. The molecule has 0 aliphatic carbocycles. The Morgan fingerprint density at radius 1 is 0.694 bits per heavy atom. The molecule has 2 atom stereocenters. The first-order valence-corrected chi connectivity index (χ1v) is 15.1. The maximum Gasteiger partial charge on any atom is 0.259 e. The molecule has 49 heavy (non-hydrogen) atoms. The molecule has 4 rings (SSSR count). The van der Waals surface area contributed by atoms with Gasteiger partial charge in [-0.3, -0.25) is 9.59 Å². The van der Waals surface area contributed by atoms with E-state index in [1.54, 1.807) is 55.5 Å². The van der Waals surface area contributed by atoms with Crippen LogP contribution in [0.15, 0.2) is 84.9 Å². The molecule has 0 saturated heterocycles. The molecule has 0 fully saturated rings. The van der Waals surface area contributed by atoms with Gasteiger partial charge in [-0.2, -0.15) is 0 Å². The third-order valence-electron chi connectivity index (χ3n) is 6.96. The van der Waals surface area contributed by atoms with Gasteiger partial charge in [-0.15, -0.1) is 0 Å². The first kappa shape index (κ1) is 39.8. The SMILES string of the molecule is C.[C-]#[N+]c1ccc(NC(=O)[C@@](C)(O)COc2ccc(C)cc2)cc1C.[C-]#[N+]c1ccc(NC(=O)[C@@](C)(O)COc2ccc(C)cc2)cc1Cl. The molecule has 2 amide bonds. The van der Waals surface area contributed by atoms with Crippen LogP contribution in [0.5, 0.6) is 11.5 Å². The normalized spacial score (nSPS) is 12.5. The van der Waals surface area contributed by atoms with E-state index in [-0.39, 0.29) is 25.7 Å². The Bertz CT molecular complexity index is 1690. The number of hydrogen-bond acceptors (Lipinski definition) is 6. The van der Waals surface area contributed by atoms with Gasteiger partial charge >= 0.3 is 0 Å². The Morgan fingerprint density at radius 2 is 1.08 bits per heavy atom. The van der Waals surface area contributed by atoms with Crippen molar-refractivity contribution in [3.8, 4) is 11.5 Å². The molecule has 0 heterocycles. The first-order chi connectivity index (χ1) is 22.6. The van der Waals surface area contributed by atoms with Gasteiger partial charge in [0.2, 0.25) is 5.69 Å². The summed E-state index contributed by atoms with van der Waals surface area (Å²) < 4.78 is 11.0. The van der Waals surface area contributed by atoms with Gasteiger partial charge in [0.05, 0.1) is 13.1 Å². The van der Waals surface area contributed by atoms with Crippen molar-refractivity contribution in [1.82, 2.24) is 0 Å². The van der Waals surface area contributed by atoms with Gasteiger partial charge in [0, 0.05) is 16.4 Å². The summed E-state index contributed by atoms with van der Waals surface area (Å²) in [5.74, 6) is -0.0325.